The summed E-state index contributed by atoms with van der Waals surface area (Å²) in [6, 6.07) is 23.1. The average molecular weight is 608 g/mol. The SMILES string of the molecule is COC(=O)c1ccc(-c2ccc(/C=N\NC(=O)[C@@H](Cc3ccccc3)NC(=O)[C@H](C)Oc3ccc(Cl)cc3Cl)o2)cc1. The van der Waals surface area contributed by atoms with Crippen LogP contribution < -0.4 is 15.5 Å². The molecule has 0 bridgehead atoms. The molecule has 0 aliphatic heterocycles. The van der Waals surface area contributed by atoms with Crippen molar-refractivity contribution >= 4 is 47.2 Å². The Kier molecular flexibility index (Phi) is 10.4. The summed E-state index contributed by atoms with van der Waals surface area (Å²) in [6.45, 7) is 1.55. The largest absolute Gasteiger partial charge is 0.479 e. The van der Waals surface area contributed by atoms with Crippen LogP contribution in [0.15, 0.2) is 94.4 Å². The molecule has 9 nitrogen and oxygen atoms in total. The minimum Gasteiger partial charge on any atom is -0.479 e. The highest BCUT2D eigenvalue weighted by molar-refractivity contribution is 6.35. The summed E-state index contributed by atoms with van der Waals surface area (Å²) in [5, 5.41) is 7.43. The van der Waals surface area contributed by atoms with Gasteiger partial charge in [0, 0.05) is 17.0 Å². The second-order valence-electron chi connectivity index (χ2n) is 9.09. The minimum atomic E-state index is -0.957. The first-order chi connectivity index (χ1) is 20.2. The van der Waals surface area contributed by atoms with Gasteiger partial charge in [-0.25, -0.2) is 10.2 Å². The molecule has 2 atom stereocenters. The lowest BCUT2D eigenvalue weighted by Crippen LogP contribution is -2.50. The number of carbonyl (C=O) groups excluding carboxylic acids is 3. The molecule has 11 heteroatoms. The smallest absolute Gasteiger partial charge is 0.337 e. The van der Waals surface area contributed by atoms with Crippen LogP contribution in [0.4, 0.5) is 0 Å². The number of nitrogens with zero attached hydrogens (tertiary/aromatic N) is 1. The van der Waals surface area contributed by atoms with Gasteiger partial charge in [-0.1, -0.05) is 65.7 Å². The zero-order chi connectivity index (χ0) is 30.1. The van der Waals surface area contributed by atoms with E-state index in [1.807, 2.05) is 30.3 Å². The van der Waals surface area contributed by atoms with Crippen LogP contribution in [-0.2, 0) is 20.7 Å². The van der Waals surface area contributed by atoms with Crippen molar-refractivity contribution in [1.29, 1.82) is 0 Å². The van der Waals surface area contributed by atoms with Crippen LogP contribution in [-0.4, -0.2) is 43.3 Å². The van der Waals surface area contributed by atoms with Crippen molar-refractivity contribution in [2.24, 2.45) is 5.10 Å². The number of methoxy groups -OCH3 is 1. The predicted octanol–water partition coefficient (Wildman–Crippen LogP) is 5.69. The Bertz CT molecular complexity index is 1570. The molecular weight excluding hydrogens is 581 g/mol. The predicted molar refractivity (Wildman–Crippen MR) is 160 cm³/mol. The fourth-order valence-electron chi connectivity index (χ4n) is 3.87. The lowest BCUT2D eigenvalue weighted by atomic mass is 10.1. The molecule has 2 amide bonds. The molecule has 0 spiro atoms. The zero-order valence-electron chi connectivity index (χ0n) is 22.7. The topological polar surface area (TPSA) is 119 Å². The van der Waals surface area contributed by atoms with Crippen molar-refractivity contribution in [2.75, 3.05) is 7.11 Å². The molecule has 4 rings (SSSR count). The number of ether oxygens (including phenoxy) is 2. The van der Waals surface area contributed by atoms with Gasteiger partial charge >= 0.3 is 5.97 Å². The highest BCUT2D eigenvalue weighted by Crippen LogP contribution is 2.28. The van der Waals surface area contributed by atoms with Crippen molar-refractivity contribution in [1.82, 2.24) is 10.7 Å². The van der Waals surface area contributed by atoms with E-state index in [1.54, 1.807) is 55.5 Å². The van der Waals surface area contributed by atoms with Crippen LogP contribution in [0.3, 0.4) is 0 Å². The summed E-state index contributed by atoms with van der Waals surface area (Å²) >= 11 is 12.1. The first-order valence-electron chi connectivity index (χ1n) is 12.8. The maximum Gasteiger partial charge on any atom is 0.337 e. The van der Waals surface area contributed by atoms with Crippen LogP contribution in [0.2, 0.25) is 10.0 Å². The summed E-state index contributed by atoms with van der Waals surface area (Å²) in [4.78, 5) is 37.7. The van der Waals surface area contributed by atoms with Gasteiger partial charge in [-0.2, -0.15) is 5.10 Å². The molecule has 3 aromatic carbocycles. The third-order valence-corrected chi connectivity index (χ3v) is 6.60. The van der Waals surface area contributed by atoms with E-state index < -0.39 is 29.9 Å². The van der Waals surface area contributed by atoms with Crippen LogP contribution in [0.1, 0.15) is 28.6 Å². The number of furan rings is 1. The third kappa shape index (κ3) is 8.22. The molecule has 2 N–H and O–H groups in total. The number of hydrazone groups is 1. The highest BCUT2D eigenvalue weighted by atomic mass is 35.5. The maximum atomic E-state index is 13.1. The minimum absolute atomic E-state index is 0.217. The summed E-state index contributed by atoms with van der Waals surface area (Å²) in [5.74, 6) is -0.273. The van der Waals surface area contributed by atoms with E-state index in [-0.39, 0.29) is 17.2 Å². The van der Waals surface area contributed by atoms with E-state index in [1.165, 1.54) is 19.4 Å². The Balaban J connectivity index is 1.40. The van der Waals surface area contributed by atoms with E-state index in [0.29, 0.717) is 22.1 Å². The number of amides is 2. The number of hydrogen-bond acceptors (Lipinski definition) is 7. The molecule has 0 fully saturated rings. The summed E-state index contributed by atoms with van der Waals surface area (Å²) in [6.07, 6.45) is 0.607. The summed E-state index contributed by atoms with van der Waals surface area (Å²) in [7, 11) is 1.32. The van der Waals surface area contributed by atoms with Crippen LogP contribution in [0.5, 0.6) is 5.75 Å². The number of nitrogens with one attached hydrogen (secondary N) is 2. The Morgan fingerprint density at radius 2 is 1.69 bits per heavy atom. The van der Waals surface area contributed by atoms with E-state index in [4.69, 9.17) is 37.1 Å². The first-order valence-corrected chi connectivity index (χ1v) is 13.6. The second-order valence-corrected chi connectivity index (χ2v) is 9.93. The standard InChI is InChI=1S/C31H27Cl2N3O6/c1-19(41-28-14-12-23(32)17-25(28)33)29(37)35-26(16-20-6-4-3-5-7-20)30(38)36-34-18-24-13-15-27(42-24)21-8-10-22(11-9-21)31(39)40-2/h3-15,17-19,26H,16H2,1-2H3,(H,35,37)(H,36,38)/b34-18-/t19-,26+/m0/s1. The van der Waals surface area contributed by atoms with Crippen LogP contribution >= 0.6 is 23.2 Å². The van der Waals surface area contributed by atoms with Gasteiger partial charge in [0.25, 0.3) is 11.8 Å². The van der Waals surface area contributed by atoms with Crippen molar-refractivity contribution < 1.29 is 28.3 Å². The molecule has 0 aliphatic carbocycles. The number of benzene rings is 3. The highest BCUT2D eigenvalue weighted by Gasteiger charge is 2.25. The molecule has 42 heavy (non-hydrogen) atoms. The normalized spacial score (nSPS) is 12.4. The number of esters is 1. The average Bonchev–Trinajstić information content (AvgIpc) is 3.47. The molecule has 0 radical (unpaired) electrons. The van der Waals surface area contributed by atoms with E-state index in [9.17, 15) is 14.4 Å². The Hall–Kier alpha value is -4.60. The number of rotatable bonds is 11. The lowest BCUT2D eigenvalue weighted by molar-refractivity contribution is -0.132. The molecular formula is C31H27Cl2N3O6. The van der Waals surface area contributed by atoms with Gasteiger partial charge in [-0.05, 0) is 55.0 Å². The fraction of sp³-hybridized carbons (Fsp3) is 0.161. The van der Waals surface area contributed by atoms with E-state index in [2.05, 4.69) is 15.8 Å². The summed E-state index contributed by atoms with van der Waals surface area (Å²) < 4.78 is 16.2. The maximum absolute atomic E-state index is 13.1. The third-order valence-electron chi connectivity index (χ3n) is 6.07. The number of hydrogen-bond donors (Lipinski definition) is 2. The molecule has 0 unspecified atom stereocenters. The zero-order valence-corrected chi connectivity index (χ0v) is 24.2. The van der Waals surface area contributed by atoms with Gasteiger partial charge in [0.15, 0.2) is 6.10 Å². The van der Waals surface area contributed by atoms with Crippen molar-refractivity contribution in [3.05, 3.63) is 112 Å². The monoisotopic (exact) mass is 607 g/mol. The summed E-state index contributed by atoms with van der Waals surface area (Å²) in [5.41, 5.74) is 4.47. The van der Waals surface area contributed by atoms with Crippen molar-refractivity contribution in [2.45, 2.75) is 25.5 Å². The van der Waals surface area contributed by atoms with Gasteiger partial charge in [-0.15, -0.1) is 0 Å². The molecule has 1 aromatic heterocycles. The first kappa shape index (κ1) is 30.4. The molecule has 1 heterocycles. The number of halogens is 2. The van der Waals surface area contributed by atoms with Gasteiger partial charge < -0.3 is 19.2 Å². The van der Waals surface area contributed by atoms with Gasteiger partial charge in [0.05, 0.1) is 23.9 Å². The van der Waals surface area contributed by atoms with Crippen molar-refractivity contribution in [3.8, 4) is 17.1 Å². The Morgan fingerprint density at radius 1 is 0.952 bits per heavy atom. The number of carbonyl (C=O) groups is 3. The van der Waals surface area contributed by atoms with Crippen molar-refractivity contribution in [3.63, 3.8) is 0 Å². The van der Waals surface area contributed by atoms with Crippen LogP contribution in [0, 0.1) is 0 Å². The molecule has 4 aromatic rings. The Morgan fingerprint density at radius 3 is 2.38 bits per heavy atom. The van der Waals surface area contributed by atoms with Crippen LogP contribution in [0.25, 0.3) is 11.3 Å². The van der Waals surface area contributed by atoms with Gasteiger partial charge in [0.2, 0.25) is 0 Å². The molecule has 0 aliphatic rings. The molecule has 0 saturated carbocycles. The fourth-order valence-corrected chi connectivity index (χ4v) is 4.32. The van der Waals surface area contributed by atoms with Gasteiger partial charge in [0.1, 0.15) is 23.3 Å². The lowest BCUT2D eigenvalue weighted by Gasteiger charge is -2.21. The van der Waals surface area contributed by atoms with Gasteiger partial charge in [-0.3, -0.25) is 9.59 Å². The molecule has 216 valence electrons. The Labute approximate surface area is 252 Å². The second kappa shape index (κ2) is 14.3. The quantitative estimate of drug-likeness (QED) is 0.128. The molecule has 0 saturated heterocycles. The van der Waals surface area contributed by atoms with E-state index >= 15 is 0 Å². The van der Waals surface area contributed by atoms with E-state index in [0.717, 1.165) is 11.1 Å².